The maximum atomic E-state index is 11.5. The van der Waals surface area contributed by atoms with E-state index in [0.717, 1.165) is 0 Å². The van der Waals surface area contributed by atoms with Crippen LogP contribution in [0.4, 0.5) is 9.93 Å². The second-order valence-corrected chi connectivity index (χ2v) is 5.73. The first-order valence-electron chi connectivity index (χ1n) is 5.44. The Labute approximate surface area is 110 Å². The van der Waals surface area contributed by atoms with Crippen LogP contribution in [0.5, 0.6) is 0 Å². The predicted octanol–water partition coefficient (Wildman–Crippen LogP) is 2.17. The molecule has 0 aliphatic heterocycles. The second-order valence-electron chi connectivity index (χ2n) is 4.67. The number of carbonyl (C=O) groups is 1. The third-order valence-corrected chi connectivity index (χ3v) is 2.80. The van der Waals surface area contributed by atoms with Crippen LogP contribution in [-0.4, -0.2) is 35.5 Å². The monoisotopic (exact) mass is 274 g/mol. The van der Waals surface area contributed by atoms with Gasteiger partial charge < -0.3 is 14.6 Å². The molecule has 102 valence electrons. The summed E-state index contributed by atoms with van der Waals surface area (Å²) in [6.45, 7) is 5.53. The van der Waals surface area contributed by atoms with Crippen molar-refractivity contribution in [3.63, 3.8) is 0 Å². The third-order valence-electron chi connectivity index (χ3n) is 1.78. The minimum Gasteiger partial charge on any atom is -0.444 e. The van der Waals surface area contributed by atoms with Crippen molar-refractivity contribution in [3.8, 4) is 0 Å². The molecule has 1 heterocycles. The molecule has 0 fully saturated rings. The number of carbonyl (C=O) groups excluding carboxylic acids is 1. The minimum atomic E-state index is -0.735. The van der Waals surface area contributed by atoms with E-state index >= 15 is 0 Å². The Balaban J connectivity index is 2.56. The number of nitrogens with zero attached hydrogens (tertiary/aromatic N) is 1. The highest BCUT2D eigenvalue weighted by Crippen LogP contribution is 2.24. The van der Waals surface area contributed by atoms with Crippen LogP contribution in [0.1, 0.15) is 31.8 Å². The molecule has 0 saturated heterocycles. The van der Waals surface area contributed by atoms with Gasteiger partial charge in [-0.15, -0.1) is 0 Å². The molecular formula is C11H18N2O4S. The maximum absolute atomic E-state index is 11.5. The van der Waals surface area contributed by atoms with E-state index in [1.807, 2.05) is 0 Å². The molecule has 2 N–H and O–H groups in total. The molecule has 1 aromatic rings. The van der Waals surface area contributed by atoms with Gasteiger partial charge in [0, 0.05) is 13.3 Å². The van der Waals surface area contributed by atoms with Gasteiger partial charge in [0.05, 0.1) is 11.5 Å². The number of nitrogens with one attached hydrogen (secondary N) is 1. The summed E-state index contributed by atoms with van der Waals surface area (Å²) in [5, 5.41) is 12.5. The third kappa shape index (κ3) is 4.99. The quantitative estimate of drug-likeness (QED) is 0.879. The minimum absolute atomic E-state index is 0.189. The summed E-state index contributed by atoms with van der Waals surface area (Å²) in [6.07, 6.45) is 0.201. The van der Waals surface area contributed by atoms with Gasteiger partial charge in [0.1, 0.15) is 11.7 Å². The normalized spacial score (nSPS) is 13.2. The summed E-state index contributed by atoms with van der Waals surface area (Å²) < 4.78 is 9.92. The fourth-order valence-corrected chi connectivity index (χ4v) is 1.90. The Bertz CT molecular complexity index is 400. The van der Waals surface area contributed by atoms with Gasteiger partial charge >= 0.3 is 6.09 Å². The zero-order valence-electron chi connectivity index (χ0n) is 10.9. The number of hydrogen-bond acceptors (Lipinski definition) is 6. The number of amides is 1. The fourth-order valence-electron chi connectivity index (χ4n) is 1.13. The molecule has 1 aromatic heterocycles. The van der Waals surface area contributed by atoms with Crippen LogP contribution in [0.25, 0.3) is 0 Å². The van der Waals surface area contributed by atoms with Crippen molar-refractivity contribution in [2.24, 2.45) is 0 Å². The van der Waals surface area contributed by atoms with Crippen molar-refractivity contribution in [1.29, 1.82) is 0 Å². The van der Waals surface area contributed by atoms with Crippen molar-refractivity contribution in [3.05, 3.63) is 11.1 Å². The van der Waals surface area contributed by atoms with Crippen molar-refractivity contribution >= 4 is 22.6 Å². The second kappa shape index (κ2) is 6.12. The van der Waals surface area contributed by atoms with Crippen LogP contribution in [-0.2, 0) is 9.47 Å². The lowest BCUT2D eigenvalue weighted by Gasteiger charge is -2.18. The Hall–Kier alpha value is -1.18. The number of anilines is 1. The lowest BCUT2D eigenvalue weighted by molar-refractivity contribution is 0.0635. The molecular weight excluding hydrogens is 256 g/mol. The standard InChI is InChI=1S/C11H18N2O4S/c1-11(2,3)17-10(15)13-9-12-5-8(18-9)7(14)6-16-4/h5,7,14H,6H2,1-4H3,(H,12,13,15). The van der Waals surface area contributed by atoms with E-state index in [1.54, 1.807) is 20.8 Å². The van der Waals surface area contributed by atoms with E-state index in [2.05, 4.69) is 10.3 Å². The van der Waals surface area contributed by atoms with Gasteiger partial charge in [0.15, 0.2) is 5.13 Å². The van der Waals surface area contributed by atoms with E-state index in [1.165, 1.54) is 24.6 Å². The number of ether oxygens (including phenoxy) is 2. The Morgan fingerprint density at radius 3 is 2.83 bits per heavy atom. The summed E-state index contributed by atoms with van der Waals surface area (Å²) in [7, 11) is 1.50. The van der Waals surface area contributed by atoms with Crippen molar-refractivity contribution in [2.45, 2.75) is 32.5 Å². The van der Waals surface area contributed by atoms with Gasteiger partial charge in [-0.1, -0.05) is 11.3 Å². The lowest BCUT2D eigenvalue weighted by Crippen LogP contribution is -2.27. The summed E-state index contributed by atoms with van der Waals surface area (Å²) in [5.41, 5.74) is -0.556. The van der Waals surface area contributed by atoms with Gasteiger partial charge in [-0.3, -0.25) is 5.32 Å². The van der Waals surface area contributed by atoms with Gasteiger partial charge in [-0.05, 0) is 20.8 Å². The topological polar surface area (TPSA) is 80.7 Å². The number of aliphatic hydroxyl groups excluding tert-OH is 1. The summed E-state index contributed by atoms with van der Waals surface area (Å²) in [4.78, 5) is 16.1. The molecule has 0 aromatic carbocycles. The van der Waals surface area contributed by atoms with Gasteiger partial charge in [-0.2, -0.15) is 0 Å². The van der Waals surface area contributed by atoms with Gasteiger partial charge in [-0.25, -0.2) is 9.78 Å². The maximum Gasteiger partial charge on any atom is 0.413 e. The van der Waals surface area contributed by atoms with Crippen molar-refractivity contribution in [2.75, 3.05) is 19.0 Å². The first-order chi connectivity index (χ1) is 8.31. The van der Waals surface area contributed by atoms with Gasteiger partial charge in [0.2, 0.25) is 0 Å². The van der Waals surface area contributed by atoms with Crippen LogP contribution in [0, 0.1) is 0 Å². The number of methoxy groups -OCH3 is 1. The highest BCUT2D eigenvalue weighted by Gasteiger charge is 2.18. The summed E-state index contributed by atoms with van der Waals surface area (Å²) >= 11 is 1.18. The molecule has 0 saturated carbocycles. The van der Waals surface area contributed by atoms with Crippen LogP contribution < -0.4 is 5.32 Å². The largest absolute Gasteiger partial charge is 0.444 e. The van der Waals surface area contributed by atoms with E-state index < -0.39 is 17.8 Å². The first-order valence-corrected chi connectivity index (χ1v) is 6.26. The SMILES string of the molecule is COCC(O)c1cnc(NC(=O)OC(C)(C)C)s1. The lowest BCUT2D eigenvalue weighted by atomic mass is 10.2. The van der Waals surface area contributed by atoms with Crippen molar-refractivity contribution in [1.82, 2.24) is 4.98 Å². The average molecular weight is 274 g/mol. The smallest absolute Gasteiger partial charge is 0.413 e. The predicted molar refractivity (Wildman–Crippen MR) is 68.8 cm³/mol. The van der Waals surface area contributed by atoms with Crippen LogP contribution in [0.2, 0.25) is 0 Å². The zero-order chi connectivity index (χ0) is 13.8. The summed E-state index contributed by atoms with van der Waals surface area (Å²) in [6, 6.07) is 0. The highest BCUT2D eigenvalue weighted by atomic mass is 32.1. The average Bonchev–Trinajstić information content (AvgIpc) is 2.63. The molecule has 18 heavy (non-hydrogen) atoms. The molecule has 0 radical (unpaired) electrons. The number of thiazole rings is 1. The molecule has 0 aliphatic rings. The molecule has 0 spiro atoms. The molecule has 1 amide bonds. The van der Waals surface area contributed by atoms with E-state index in [-0.39, 0.29) is 6.61 Å². The van der Waals surface area contributed by atoms with Crippen molar-refractivity contribution < 1.29 is 19.4 Å². The zero-order valence-corrected chi connectivity index (χ0v) is 11.7. The summed E-state index contributed by atoms with van der Waals surface area (Å²) in [5.74, 6) is 0. The van der Waals surface area contributed by atoms with E-state index in [4.69, 9.17) is 9.47 Å². The molecule has 1 atom stereocenters. The molecule has 0 bridgehead atoms. The fraction of sp³-hybridized carbons (Fsp3) is 0.636. The Kier molecular flexibility index (Phi) is 5.06. The van der Waals surface area contributed by atoms with Crippen LogP contribution in [0.3, 0.4) is 0 Å². The highest BCUT2D eigenvalue weighted by molar-refractivity contribution is 7.15. The molecule has 6 nitrogen and oxygen atoms in total. The van der Waals surface area contributed by atoms with E-state index in [9.17, 15) is 9.90 Å². The molecule has 0 aliphatic carbocycles. The first kappa shape index (κ1) is 14.9. The number of aromatic nitrogens is 1. The number of aliphatic hydroxyl groups is 1. The Morgan fingerprint density at radius 2 is 2.28 bits per heavy atom. The van der Waals surface area contributed by atoms with Gasteiger partial charge in [0.25, 0.3) is 0 Å². The van der Waals surface area contributed by atoms with Crippen LogP contribution >= 0.6 is 11.3 Å². The van der Waals surface area contributed by atoms with Crippen LogP contribution in [0.15, 0.2) is 6.20 Å². The molecule has 7 heteroatoms. The van der Waals surface area contributed by atoms with E-state index in [0.29, 0.717) is 10.0 Å². The number of rotatable bonds is 4. The number of hydrogen-bond donors (Lipinski definition) is 2. The molecule has 1 rings (SSSR count). The molecule has 1 unspecified atom stereocenters. The Morgan fingerprint density at radius 1 is 1.61 bits per heavy atom.